The maximum absolute atomic E-state index is 12.7. The van der Waals surface area contributed by atoms with Crippen LogP contribution in [-0.2, 0) is 0 Å². The minimum atomic E-state index is -0.125. The average molecular weight is 347 g/mol. The summed E-state index contributed by atoms with van der Waals surface area (Å²) in [5.41, 5.74) is 3.33. The highest BCUT2D eigenvalue weighted by atomic mass is 16.1. The molecule has 0 aliphatic carbocycles. The number of amides is 1. The monoisotopic (exact) mass is 347 g/mol. The molecule has 3 rings (SSSR count). The first kappa shape index (κ1) is 17.4. The highest BCUT2D eigenvalue weighted by Crippen LogP contribution is 2.19. The summed E-state index contributed by atoms with van der Waals surface area (Å²) in [7, 11) is 0. The highest BCUT2D eigenvalue weighted by Gasteiger charge is 2.14. The van der Waals surface area contributed by atoms with Crippen molar-refractivity contribution in [2.45, 2.75) is 13.0 Å². The number of hydrogen-bond acceptors (Lipinski definition) is 4. The Labute approximate surface area is 152 Å². The second kappa shape index (κ2) is 8.11. The Morgan fingerprint density at radius 3 is 2.69 bits per heavy atom. The second-order valence-corrected chi connectivity index (χ2v) is 5.84. The fourth-order valence-corrected chi connectivity index (χ4v) is 2.63. The molecule has 0 radical (unpaired) electrons. The molecule has 3 aromatic rings. The zero-order chi connectivity index (χ0) is 18.4. The second-order valence-electron chi connectivity index (χ2n) is 5.84. The van der Waals surface area contributed by atoms with Gasteiger partial charge < -0.3 is 10.6 Å². The lowest BCUT2D eigenvalue weighted by Crippen LogP contribution is -2.27. The van der Waals surface area contributed by atoms with E-state index >= 15 is 0 Å². The van der Waals surface area contributed by atoms with Crippen molar-refractivity contribution in [3.8, 4) is 5.69 Å². The van der Waals surface area contributed by atoms with Crippen molar-refractivity contribution >= 4 is 11.6 Å². The summed E-state index contributed by atoms with van der Waals surface area (Å²) < 4.78 is 1.69. The number of nitrogens with one attached hydrogen (secondary N) is 2. The molecule has 0 bridgehead atoms. The third-order valence-corrected chi connectivity index (χ3v) is 4.03. The normalized spacial score (nSPS) is 11.6. The molecule has 0 aliphatic heterocycles. The van der Waals surface area contributed by atoms with E-state index in [9.17, 15) is 4.79 Å². The molecule has 132 valence electrons. The van der Waals surface area contributed by atoms with E-state index < -0.39 is 0 Å². The SMILES string of the molecule is C=CCNc1ccccc1C(=O)NC(C)c1ccc(-n2cncn2)cc1. The first-order valence-electron chi connectivity index (χ1n) is 8.38. The van der Waals surface area contributed by atoms with Gasteiger partial charge in [-0.15, -0.1) is 6.58 Å². The molecule has 0 aliphatic rings. The van der Waals surface area contributed by atoms with Gasteiger partial charge in [-0.3, -0.25) is 4.79 Å². The van der Waals surface area contributed by atoms with Crippen molar-refractivity contribution in [2.75, 3.05) is 11.9 Å². The predicted octanol–water partition coefficient (Wildman–Crippen LogP) is 3.36. The summed E-state index contributed by atoms with van der Waals surface area (Å²) in [6.07, 6.45) is 4.90. The van der Waals surface area contributed by atoms with Crippen molar-refractivity contribution in [1.29, 1.82) is 0 Å². The predicted molar refractivity (Wildman–Crippen MR) is 102 cm³/mol. The molecule has 1 heterocycles. The minimum Gasteiger partial charge on any atom is -0.381 e. The first-order chi connectivity index (χ1) is 12.7. The van der Waals surface area contributed by atoms with E-state index in [1.807, 2.05) is 49.4 Å². The average Bonchev–Trinajstić information content (AvgIpc) is 3.21. The van der Waals surface area contributed by atoms with E-state index in [1.165, 1.54) is 6.33 Å². The van der Waals surface area contributed by atoms with Crippen LogP contribution in [-0.4, -0.2) is 27.2 Å². The number of benzene rings is 2. The minimum absolute atomic E-state index is 0.120. The number of nitrogens with zero attached hydrogens (tertiary/aromatic N) is 3. The van der Waals surface area contributed by atoms with Gasteiger partial charge in [0.15, 0.2) is 0 Å². The Balaban J connectivity index is 1.70. The van der Waals surface area contributed by atoms with E-state index in [4.69, 9.17) is 0 Å². The van der Waals surface area contributed by atoms with Crippen LogP contribution in [0.1, 0.15) is 28.9 Å². The van der Waals surface area contributed by atoms with Gasteiger partial charge >= 0.3 is 0 Å². The number of para-hydroxylation sites is 1. The molecule has 0 spiro atoms. The van der Waals surface area contributed by atoms with Crippen LogP contribution in [0.3, 0.4) is 0 Å². The standard InChI is InChI=1S/C20H21N5O/c1-3-12-22-19-7-5-4-6-18(19)20(26)24-15(2)16-8-10-17(11-9-16)25-14-21-13-23-25/h3-11,13-15,22H,1,12H2,2H3,(H,24,26). The topological polar surface area (TPSA) is 71.8 Å². The van der Waals surface area contributed by atoms with Crippen molar-refractivity contribution in [3.63, 3.8) is 0 Å². The summed E-state index contributed by atoms with van der Waals surface area (Å²) in [6, 6.07) is 15.2. The van der Waals surface area contributed by atoms with Crippen LogP contribution in [0.4, 0.5) is 5.69 Å². The van der Waals surface area contributed by atoms with Crippen LogP contribution in [0.25, 0.3) is 5.69 Å². The molecule has 0 saturated carbocycles. The zero-order valence-electron chi connectivity index (χ0n) is 14.6. The Morgan fingerprint density at radius 2 is 2.00 bits per heavy atom. The molecule has 2 aromatic carbocycles. The number of anilines is 1. The van der Waals surface area contributed by atoms with Gasteiger partial charge in [0.25, 0.3) is 5.91 Å². The highest BCUT2D eigenvalue weighted by molar-refractivity contribution is 5.99. The van der Waals surface area contributed by atoms with Gasteiger partial charge in [-0.05, 0) is 36.8 Å². The molecule has 1 aromatic heterocycles. The third-order valence-electron chi connectivity index (χ3n) is 4.03. The number of carbonyl (C=O) groups is 1. The Bertz CT molecular complexity index is 871. The van der Waals surface area contributed by atoms with E-state index in [2.05, 4.69) is 27.3 Å². The van der Waals surface area contributed by atoms with Gasteiger partial charge in [-0.1, -0.05) is 30.3 Å². The number of rotatable bonds is 7. The lowest BCUT2D eigenvalue weighted by atomic mass is 10.1. The van der Waals surface area contributed by atoms with E-state index in [0.29, 0.717) is 12.1 Å². The molecular formula is C20H21N5O. The maximum atomic E-state index is 12.7. The van der Waals surface area contributed by atoms with Crippen molar-refractivity contribution < 1.29 is 4.79 Å². The molecule has 0 fully saturated rings. The number of aromatic nitrogens is 3. The van der Waals surface area contributed by atoms with Gasteiger partial charge in [0.1, 0.15) is 12.7 Å². The molecule has 2 N–H and O–H groups in total. The third kappa shape index (κ3) is 3.97. The summed E-state index contributed by atoms with van der Waals surface area (Å²) in [5.74, 6) is -0.120. The van der Waals surface area contributed by atoms with Crippen molar-refractivity contribution in [1.82, 2.24) is 20.1 Å². The molecule has 1 amide bonds. The number of carbonyl (C=O) groups excluding carboxylic acids is 1. The van der Waals surface area contributed by atoms with Gasteiger partial charge in [0.05, 0.1) is 17.3 Å². The van der Waals surface area contributed by atoms with Crippen molar-refractivity contribution in [3.05, 3.63) is 85.0 Å². The van der Waals surface area contributed by atoms with Crippen molar-refractivity contribution in [2.24, 2.45) is 0 Å². The Kier molecular flexibility index (Phi) is 5.43. The fourth-order valence-electron chi connectivity index (χ4n) is 2.63. The summed E-state index contributed by atoms with van der Waals surface area (Å²) >= 11 is 0. The maximum Gasteiger partial charge on any atom is 0.253 e. The summed E-state index contributed by atoms with van der Waals surface area (Å²) in [6.45, 7) is 6.25. The van der Waals surface area contributed by atoms with Gasteiger partial charge in [0, 0.05) is 12.2 Å². The Morgan fingerprint density at radius 1 is 1.23 bits per heavy atom. The first-order valence-corrected chi connectivity index (χ1v) is 8.38. The van der Waals surface area contributed by atoms with Crippen LogP contribution in [0.2, 0.25) is 0 Å². The lowest BCUT2D eigenvalue weighted by Gasteiger charge is -2.17. The van der Waals surface area contributed by atoms with E-state index in [-0.39, 0.29) is 11.9 Å². The van der Waals surface area contributed by atoms with E-state index in [1.54, 1.807) is 23.2 Å². The molecule has 6 heteroatoms. The smallest absolute Gasteiger partial charge is 0.253 e. The quantitative estimate of drug-likeness (QED) is 0.643. The fraction of sp³-hybridized carbons (Fsp3) is 0.150. The van der Waals surface area contributed by atoms with Gasteiger partial charge in [0.2, 0.25) is 0 Å². The molecular weight excluding hydrogens is 326 g/mol. The van der Waals surface area contributed by atoms with Crippen LogP contribution in [0.15, 0.2) is 73.8 Å². The molecule has 6 nitrogen and oxygen atoms in total. The summed E-state index contributed by atoms with van der Waals surface area (Å²) in [5, 5.41) is 10.3. The van der Waals surface area contributed by atoms with Crippen LogP contribution < -0.4 is 10.6 Å². The van der Waals surface area contributed by atoms with E-state index in [0.717, 1.165) is 16.9 Å². The lowest BCUT2D eigenvalue weighted by molar-refractivity contribution is 0.0940. The number of hydrogen-bond donors (Lipinski definition) is 2. The van der Waals surface area contributed by atoms with Crippen LogP contribution in [0.5, 0.6) is 0 Å². The Hall–Kier alpha value is -3.41. The summed E-state index contributed by atoms with van der Waals surface area (Å²) in [4.78, 5) is 16.6. The van der Waals surface area contributed by atoms with Crippen LogP contribution in [0, 0.1) is 0 Å². The van der Waals surface area contributed by atoms with Crippen LogP contribution >= 0.6 is 0 Å². The zero-order valence-corrected chi connectivity index (χ0v) is 14.6. The van der Waals surface area contributed by atoms with Gasteiger partial charge in [-0.25, -0.2) is 9.67 Å². The molecule has 1 atom stereocenters. The molecule has 1 unspecified atom stereocenters. The van der Waals surface area contributed by atoms with Gasteiger partial charge in [-0.2, -0.15) is 5.10 Å². The largest absolute Gasteiger partial charge is 0.381 e. The molecule has 0 saturated heterocycles. The molecule has 26 heavy (non-hydrogen) atoms.